The van der Waals surface area contributed by atoms with E-state index in [4.69, 9.17) is 30.5 Å². The Bertz CT molecular complexity index is 1410. The van der Waals surface area contributed by atoms with Gasteiger partial charge in [0.2, 0.25) is 11.8 Å². The van der Waals surface area contributed by atoms with Gasteiger partial charge in [0, 0.05) is 25.3 Å². The van der Waals surface area contributed by atoms with E-state index < -0.39 is 47.9 Å². The van der Waals surface area contributed by atoms with Crippen LogP contribution in [0.25, 0.3) is 0 Å². The molecule has 0 radical (unpaired) electrons. The molecule has 0 spiro atoms. The molecule has 10 nitrogen and oxygen atoms in total. The summed E-state index contributed by atoms with van der Waals surface area (Å²) >= 11 is 6.30. The van der Waals surface area contributed by atoms with Crippen molar-refractivity contribution in [2.24, 2.45) is 17.8 Å². The number of epoxide rings is 1. The molecule has 2 aromatic rings. The number of nitrogens with one attached hydrogen (secondary N) is 2. The second kappa shape index (κ2) is 16.1. The van der Waals surface area contributed by atoms with Crippen LogP contribution in [0.4, 0.5) is 0 Å². The fourth-order valence-corrected chi connectivity index (χ4v) is 5.67. The van der Waals surface area contributed by atoms with Crippen molar-refractivity contribution < 1.29 is 38.1 Å². The van der Waals surface area contributed by atoms with Crippen LogP contribution in [0.3, 0.4) is 0 Å². The number of halogens is 1. The molecular formula is C35H43ClN2O8. The normalized spacial score (nSPS) is 27.5. The number of amides is 2. The van der Waals surface area contributed by atoms with Crippen LogP contribution < -0.4 is 15.4 Å². The Labute approximate surface area is 275 Å². The zero-order valence-corrected chi connectivity index (χ0v) is 27.6. The van der Waals surface area contributed by atoms with E-state index in [1.165, 1.54) is 13.2 Å². The zero-order valence-electron chi connectivity index (χ0n) is 26.9. The van der Waals surface area contributed by atoms with E-state index in [1.54, 1.807) is 31.2 Å². The Balaban J connectivity index is 1.58. The molecule has 248 valence electrons. The van der Waals surface area contributed by atoms with Crippen molar-refractivity contribution in [3.05, 3.63) is 76.8 Å². The molecule has 0 aromatic heterocycles. The Morgan fingerprint density at radius 2 is 1.74 bits per heavy atom. The molecule has 1 saturated heterocycles. The summed E-state index contributed by atoms with van der Waals surface area (Å²) in [7, 11) is 1.51. The van der Waals surface area contributed by atoms with E-state index in [9.17, 15) is 19.2 Å². The molecule has 2 aliphatic rings. The highest BCUT2D eigenvalue weighted by molar-refractivity contribution is 6.32. The van der Waals surface area contributed by atoms with Gasteiger partial charge in [-0.1, -0.05) is 81.8 Å². The van der Waals surface area contributed by atoms with Crippen LogP contribution in [0.5, 0.6) is 5.75 Å². The molecule has 7 atom stereocenters. The first-order valence-corrected chi connectivity index (χ1v) is 16.0. The van der Waals surface area contributed by atoms with Crippen molar-refractivity contribution in [2.75, 3.05) is 13.7 Å². The number of hydrogen-bond acceptors (Lipinski definition) is 8. The van der Waals surface area contributed by atoms with E-state index in [2.05, 4.69) is 10.6 Å². The standard InChI is InChI=1S/C35H43ClN2O8/c1-20(2)16-29-35(42)44-27(22(4)31-32(46-31)24-10-7-6-8-11-24)12-9-13-30(39)38-26(33(40)37-19-21(3)34(41)45-29)18-23-14-15-28(43-5)25(36)17-23/h6-11,13-15,17,20-22,26-27,29,31-32H,12,16,18-19H2,1-5H3,(H,37,40)(H,38,39)/b13-9+/t21-,22+,26?,27?,29+,31-,32-/m1/s1. The molecule has 0 aliphatic carbocycles. The summed E-state index contributed by atoms with van der Waals surface area (Å²) in [6, 6.07) is 13.9. The lowest BCUT2D eigenvalue weighted by Crippen LogP contribution is -2.49. The SMILES string of the molecule is COc1ccc(CC2NC(=O)/C=C/CC([C@H](C)[C@H]3O[C@@H]3c3ccccc3)OC(=O)[C@H](CC(C)C)OC(=O)[C@H](C)CNC2=O)cc1Cl. The first kappa shape index (κ1) is 35.0. The van der Waals surface area contributed by atoms with Gasteiger partial charge in [0.05, 0.1) is 24.2 Å². The van der Waals surface area contributed by atoms with Gasteiger partial charge in [-0.15, -0.1) is 0 Å². The predicted octanol–water partition coefficient (Wildman–Crippen LogP) is 4.73. The molecule has 0 bridgehead atoms. The van der Waals surface area contributed by atoms with Crippen molar-refractivity contribution in [2.45, 2.75) is 77.4 Å². The average molecular weight is 655 g/mol. The Morgan fingerprint density at radius 1 is 1.00 bits per heavy atom. The maximum atomic E-state index is 13.5. The third-order valence-corrected chi connectivity index (χ3v) is 8.44. The van der Waals surface area contributed by atoms with Gasteiger partial charge in [-0.2, -0.15) is 0 Å². The molecule has 1 fully saturated rings. The molecule has 2 heterocycles. The molecule has 4 rings (SSSR count). The lowest BCUT2D eigenvalue weighted by atomic mass is 9.93. The largest absolute Gasteiger partial charge is 0.495 e. The Kier molecular flexibility index (Phi) is 12.2. The third-order valence-electron chi connectivity index (χ3n) is 8.14. The van der Waals surface area contributed by atoms with Gasteiger partial charge in [-0.3, -0.25) is 14.4 Å². The second-order valence-corrected chi connectivity index (χ2v) is 12.7. The molecule has 46 heavy (non-hydrogen) atoms. The molecule has 2 N–H and O–H groups in total. The fraction of sp³-hybridized carbons (Fsp3) is 0.486. The van der Waals surface area contributed by atoms with Crippen LogP contribution in [0.1, 0.15) is 57.8 Å². The summed E-state index contributed by atoms with van der Waals surface area (Å²) < 4.78 is 22.9. The number of methoxy groups -OCH3 is 1. The van der Waals surface area contributed by atoms with E-state index >= 15 is 0 Å². The molecular weight excluding hydrogens is 612 g/mol. The summed E-state index contributed by atoms with van der Waals surface area (Å²) in [5.74, 6) is -2.78. The van der Waals surface area contributed by atoms with Crippen LogP contribution >= 0.6 is 11.6 Å². The van der Waals surface area contributed by atoms with Gasteiger partial charge < -0.3 is 29.6 Å². The molecule has 2 aromatic carbocycles. The summed E-state index contributed by atoms with van der Waals surface area (Å²) in [6.45, 7) is 7.31. The quantitative estimate of drug-likeness (QED) is 0.308. The first-order valence-electron chi connectivity index (χ1n) is 15.6. The molecule has 2 aliphatic heterocycles. The number of rotatable bonds is 8. The minimum atomic E-state index is -1.13. The topological polar surface area (TPSA) is 133 Å². The van der Waals surface area contributed by atoms with E-state index in [-0.39, 0.29) is 49.9 Å². The predicted molar refractivity (Wildman–Crippen MR) is 172 cm³/mol. The van der Waals surface area contributed by atoms with Crippen LogP contribution in [-0.4, -0.2) is 61.8 Å². The van der Waals surface area contributed by atoms with Gasteiger partial charge >= 0.3 is 11.9 Å². The van der Waals surface area contributed by atoms with E-state index in [0.29, 0.717) is 16.3 Å². The van der Waals surface area contributed by atoms with E-state index in [1.807, 2.05) is 51.1 Å². The smallest absolute Gasteiger partial charge is 0.347 e. The van der Waals surface area contributed by atoms with Gasteiger partial charge in [0.15, 0.2) is 6.10 Å². The maximum absolute atomic E-state index is 13.5. The summed E-state index contributed by atoms with van der Waals surface area (Å²) in [5, 5.41) is 5.86. The number of esters is 2. The van der Waals surface area contributed by atoms with Gasteiger partial charge in [-0.25, -0.2) is 4.79 Å². The monoisotopic (exact) mass is 654 g/mol. The zero-order chi connectivity index (χ0) is 33.4. The van der Waals surface area contributed by atoms with Gasteiger partial charge in [0.25, 0.3) is 0 Å². The van der Waals surface area contributed by atoms with Crippen molar-refractivity contribution in [1.29, 1.82) is 0 Å². The first-order chi connectivity index (χ1) is 22.0. The minimum Gasteiger partial charge on any atom is -0.495 e. The third kappa shape index (κ3) is 9.56. The van der Waals surface area contributed by atoms with Crippen LogP contribution in [0.2, 0.25) is 5.02 Å². The van der Waals surface area contributed by atoms with Crippen LogP contribution in [0, 0.1) is 17.8 Å². The Hall–Kier alpha value is -3.89. The summed E-state index contributed by atoms with van der Waals surface area (Å²) in [5.41, 5.74) is 1.73. The minimum absolute atomic E-state index is 0.0341. The number of carbonyl (C=O) groups excluding carboxylic acids is 4. The number of cyclic esters (lactones) is 2. The number of ether oxygens (including phenoxy) is 4. The second-order valence-electron chi connectivity index (χ2n) is 12.3. The molecule has 2 amide bonds. The Morgan fingerprint density at radius 3 is 2.41 bits per heavy atom. The van der Waals surface area contributed by atoms with Gasteiger partial charge in [-0.05, 0) is 41.7 Å². The highest BCUT2D eigenvalue weighted by atomic mass is 35.5. The number of benzene rings is 2. The fourth-order valence-electron chi connectivity index (χ4n) is 5.39. The van der Waals surface area contributed by atoms with Crippen LogP contribution in [-0.2, 0) is 39.8 Å². The van der Waals surface area contributed by atoms with Crippen molar-refractivity contribution in [3.8, 4) is 5.75 Å². The summed E-state index contributed by atoms with van der Waals surface area (Å²) in [6.07, 6.45) is 1.40. The van der Waals surface area contributed by atoms with Crippen molar-refractivity contribution in [1.82, 2.24) is 10.6 Å². The van der Waals surface area contributed by atoms with Crippen molar-refractivity contribution >= 4 is 35.4 Å². The molecule has 2 unspecified atom stereocenters. The highest BCUT2D eigenvalue weighted by Crippen LogP contribution is 2.45. The lowest BCUT2D eigenvalue weighted by molar-refractivity contribution is -0.176. The van der Waals surface area contributed by atoms with Crippen molar-refractivity contribution in [3.63, 3.8) is 0 Å². The molecule has 11 heteroatoms. The summed E-state index contributed by atoms with van der Waals surface area (Å²) in [4.78, 5) is 52.9. The maximum Gasteiger partial charge on any atom is 0.347 e. The van der Waals surface area contributed by atoms with E-state index in [0.717, 1.165) is 5.56 Å². The highest BCUT2D eigenvalue weighted by Gasteiger charge is 2.47. The van der Waals surface area contributed by atoms with Crippen LogP contribution in [0.15, 0.2) is 60.7 Å². The molecule has 0 saturated carbocycles. The van der Waals surface area contributed by atoms with Gasteiger partial charge in [0.1, 0.15) is 24.0 Å². The number of carbonyl (C=O) groups is 4. The lowest BCUT2D eigenvalue weighted by Gasteiger charge is -2.27. The average Bonchev–Trinajstić information content (AvgIpc) is 3.83. The number of hydrogen-bond donors (Lipinski definition) is 2.